The predicted octanol–water partition coefficient (Wildman–Crippen LogP) is 3.22. The Kier molecular flexibility index (Phi) is 5.56. The topological polar surface area (TPSA) is 52.7 Å². The SMILES string of the molecule is Cc1cccc(CC(=O)N2CCN(C(=O)Nc3cccc(C)c3)CC2)c1. The number of aryl methyl sites for hydroxylation is 2. The van der Waals surface area contributed by atoms with Crippen molar-refractivity contribution in [2.75, 3.05) is 31.5 Å². The number of benzene rings is 2. The molecule has 136 valence electrons. The van der Waals surface area contributed by atoms with Crippen molar-refractivity contribution in [1.29, 1.82) is 0 Å². The van der Waals surface area contributed by atoms with Crippen molar-refractivity contribution < 1.29 is 9.59 Å². The van der Waals surface area contributed by atoms with E-state index in [1.807, 2.05) is 67.3 Å². The lowest BCUT2D eigenvalue weighted by molar-refractivity contribution is -0.131. The molecule has 1 saturated heterocycles. The lowest BCUT2D eigenvalue weighted by atomic mass is 10.1. The number of rotatable bonds is 3. The first-order chi connectivity index (χ1) is 12.5. The summed E-state index contributed by atoms with van der Waals surface area (Å²) in [5.41, 5.74) is 4.10. The molecule has 1 N–H and O–H groups in total. The fourth-order valence-corrected chi connectivity index (χ4v) is 3.19. The molecule has 1 aliphatic heterocycles. The van der Waals surface area contributed by atoms with Crippen LogP contribution in [0, 0.1) is 13.8 Å². The summed E-state index contributed by atoms with van der Waals surface area (Å²) in [5.74, 6) is 0.120. The average molecular weight is 351 g/mol. The number of urea groups is 1. The highest BCUT2D eigenvalue weighted by molar-refractivity contribution is 5.89. The van der Waals surface area contributed by atoms with Gasteiger partial charge in [-0.05, 0) is 37.1 Å². The number of nitrogens with one attached hydrogen (secondary N) is 1. The zero-order valence-corrected chi connectivity index (χ0v) is 15.4. The summed E-state index contributed by atoms with van der Waals surface area (Å²) in [6.07, 6.45) is 0.414. The molecule has 0 bridgehead atoms. The van der Waals surface area contributed by atoms with Crippen LogP contribution in [0.1, 0.15) is 16.7 Å². The molecule has 5 nitrogen and oxygen atoms in total. The molecule has 1 heterocycles. The van der Waals surface area contributed by atoms with Gasteiger partial charge in [0.25, 0.3) is 0 Å². The number of piperazine rings is 1. The highest BCUT2D eigenvalue weighted by atomic mass is 16.2. The van der Waals surface area contributed by atoms with E-state index in [4.69, 9.17) is 0 Å². The molecule has 0 unspecified atom stereocenters. The molecule has 5 heteroatoms. The van der Waals surface area contributed by atoms with Crippen LogP contribution in [-0.4, -0.2) is 47.9 Å². The summed E-state index contributed by atoms with van der Waals surface area (Å²) >= 11 is 0. The number of anilines is 1. The summed E-state index contributed by atoms with van der Waals surface area (Å²) < 4.78 is 0. The van der Waals surface area contributed by atoms with Gasteiger partial charge in [-0.2, -0.15) is 0 Å². The van der Waals surface area contributed by atoms with Crippen molar-refractivity contribution in [1.82, 2.24) is 9.80 Å². The third-order valence-electron chi connectivity index (χ3n) is 4.63. The van der Waals surface area contributed by atoms with Crippen molar-refractivity contribution in [3.8, 4) is 0 Å². The molecule has 0 spiro atoms. The Labute approximate surface area is 154 Å². The van der Waals surface area contributed by atoms with Crippen LogP contribution < -0.4 is 5.32 Å². The Balaban J connectivity index is 1.50. The van der Waals surface area contributed by atoms with Crippen LogP contribution in [0.15, 0.2) is 48.5 Å². The zero-order chi connectivity index (χ0) is 18.5. The summed E-state index contributed by atoms with van der Waals surface area (Å²) in [4.78, 5) is 28.5. The predicted molar refractivity (Wildman–Crippen MR) is 103 cm³/mol. The Bertz CT molecular complexity index is 728. The van der Waals surface area contributed by atoms with Crippen molar-refractivity contribution in [3.05, 3.63) is 65.2 Å². The number of amides is 3. The van der Waals surface area contributed by atoms with Gasteiger partial charge in [-0.3, -0.25) is 4.79 Å². The second-order valence-electron chi connectivity index (χ2n) is 6.83. The van der Waals surface area contributed by atoms with Gasteiger partial charge in [0.15, 0.2) is 0 Å². The van der Waals surface area contributed by atoms with Crippen LogP contribution in [0.25, 0.3) is 0 Å². The minimum Gasteiger partial charge on any atom is -0.339 e. The molecule has 2 aromatic rings. The fourth-order valence-electron chi connectivity index (χ4n) is 3.19. The van der Waals surface area contributed by atoms with E-state index < -0.39 is 0 Å². The lowest BCUT2D eigenvalue weighted by Gasteiger charge is -2.34. The molecular weight excluding hydrogens is 326 g/mol. The number of hydrogen-bond acceptors (Lipinski definition) is 2. The van der Waals surface area contributed by atoms with Gasteiger partial charge in [-0.1, -0.05) is 42.0 Å². The Morgan fingerprint density at radius 1 is 0.885 bits per heavy atom. The molecule has 0 aliphatic carbocycles. The first kappa shape index (κ1) is 18.0. The van der Waals surface area contributed by atoms with Crippen LogP contribution in [0.5, 0.6) is 0 Å². The third kappa shape index (κ3) is 4.63. The smallest absolute Gasteiger partial charge is 0.321 e. The van der Waals surface area contributed by atoms with E-state index >= 15 is 0 Å². The Morgan fingerprint density at radius 3 is 2.15 bits per heavy atom. The van der Waals surface area contributed by atoms with E-state index in [1.165, 1.54) is 0 Å². The minimum absolute atomic E-state index is 0.110. The molecule has 1 aliphatic rings. The van der Waals surface area contributed by atoms with Crippen LogP contribution in [-0.2, 0) is 11.2 Å². The number of carbonyl (C=O) groups excluding carboxylic acids is 2. The highest BCUT2D eigenvalue weighted by Gasteiger charge is 2.24. The van der Waals surface area contributed by atoms with E-state index in [0.29, 0.717) is 32.6 Å². The number of carbonyl (C=O) groups is 2. The van der Waals surface area contributed by atoms with Gasteiger partial charge in [0.05, 0.1) is 6.42 Å². The van der Waals surface area contributed by atoms with Crippen molar-refractivity contribution in [3.63, 3.8) is 0 Å². The van der Waals surface area contributed by atoms with Crippen molar-refractivity contribution in [2.24, 2.45) is 0 Å². The van der Waals surface area contributed by atoms with Gasteiger partial charge < -0.3 is 15.1 Å². The Morgan fingerprint density at radius 2 is 1.50 bits per heavy atom. The highest BCUT2D eigenvalue weighted by Crippen LogP contribution is 2.13. The molecule has 1 fully saturated rings. The van der Waals surface area contributed by atoms with Gasteiger partial charge >= 0.3 is 6.03 Å². The minimum atomic E-state index is -0.110. The quantitative estimate of drug-likeness (QED) is 0.923. The fraction of sp³-hybridized carbons (Fsp3) is 0.333. The molecule has 3 rings (SSSR count). The molecular formula is C21H25N3O2. The molecule has 0 aromatic heterocycles. The maximum Gasteiger partial charge on any atom is 0.321 e. The Hall–Kier alpha value is -2.82. The molecule has 0 radical (unpaired) electrons. The maximum absolute atomic E-state index is 12.5. The van der Waals surface area contributed by atoms with E-state index in [-0.39, 0.29) is 11.9 Å². The van der Waals surface area contributed by atoms with Crippen LogP contribution >= 0.6 is 0 Å². The van der Waals surface area contributed by atoms with Crippen molar-refractivity contribution >= 4 is 17.6 Å². The van der Waals surface area contributed by atoms with E-state index in [0.717, 1.165) is 22.4 Å². The number of nitrogens with zero attached hydrogens (tertiary/aromatic N) is 2. The van der Waals surface area contributed by atoms with Gasteiger partial charge in [0, 0.05) is 31.9 Å². The lowest BCUT2D eigenvalue weighted by Crippen LogP contribution is -2.52. The monoisotopic (exact) mass is 351 g/mol. The van der Waals surface area contributed by atoms with Gasteiger partial charge in [-0.15, -0.1) is 0 Å². The standard InChI is InChI=1S/C21H25N3O2/c1-16-5-3-7-18(13-16)15-20(25)23-9-11-24(12-10-23)21(26)22-19-8-4-6-17(2)14-19/h3-8,13-14H,9-12,15H2,1-2H3,(H,22,26). The van der Waals surface area contributed by atoms with E-state index in [9.17, 15) is 9.59 Å². The first-order valence-electron chi connectivity index (χ1n) is 8.97. The van der Waals surface area contributed by atoms with Gasteiger partial charge in [0.1, 0.15) is 0 Å². The molecule has 2 aromatic carbocycles. The number of hydrogen-bond donors (Lipinski definition) is 1. The summed E-state index contributed by atoms with van der Waals surface area (Å²) in [6, 6.07) is 15.7. The first-order valence-corrected chi connectivity index (χ1v) is 8.97. The van der Waals surface area contributed by atoms with E-state index in [1.54, 1.807) is 4.90 Å². The van der Waals surface area contributed by atoms with Crippen LogP contribution in [0.4, 0.5) is 10.5 Å². The van der Waals surface area contributed by atoms with E-state index in [2.05, 4.69) is 5.32 Å². The zero-order valence-electron chi connectivity index (χ0n) is 15.4. The van der Waals surface area contributed by atoms with Gasteiger partial charge in [-0.25, -0.2) is 4.79 Å². The third-order valence-corrected chi connectivity index (χ3v) is 4.63. The summed E-state index contributed by atoms with van der Waals surface area (Å²) in [7, 11) is 0. The van der Waals surface area contributed by atoms with Crippen molar-refractivity contribution in [2.45, 2.75) is 20.3 Å². The molecule has 3 amide bonds. The molecule has 26 heavy (non-hydrogen) atoms. The maximum atomic E-state index is 12.5. The largest absolute Gasteiger partial charge is 0.339 e. The molecule has 0 atom stereocenters. The van der Waals surface area contributed by atoms with Crippen LogP contribution in [0.3, 0.4) is 0 Å². The van der Waals surface area contributed by atoms with Gasteiger partial charge in [0.2, 0.25) is 5.91 Å². The van der Waals surface area contributed by atoms with Crippen LogP contribution in [0.2, 0.25) is 0 Å². The normalized spacial score (nSPS) is 14.2. The second kappa shape index (κ2) is 8.04. The summed E-state index contributed by atoms with van der Waals surface area (Å²) in [5, 5.41) is 2.93. The molecule has 0 saturated carbocycles. The average Bonchev–Trinajstić information content (AvgIpc) is 2.62. The summed E-state index contributed by atoms with van der Waals surface area (Å²) in [6.45, 7) is 6.28. The second-order valence-corrected chi connectivity index (χ2v) is 6.83.